The zero-order valence-electron chi connectivity index (χ0n) is 14.1. The Hall–Kier alpha value is -3.20. The number of thiocarbonyl (C=S) groups is 1. The van der Waals surface area contributed by atoms with E-state index >= 15 is 0 Å². The van der Waals surface area contributed by atoms with Crippen molar-refractivity contribution < 1.29 is 19.2 Å². The highest BCUT2D eigenvalue weighted by molar-refractivity contribution is 7.80. The van der Waals surface area contributed by atoms with E-state index in [0.717, 1.165) is 5.56 Å². The monoisotopic (exact) mass is 375 g/mol. The van der Waals surface area contributed by atoms with Crippen LogP contribution in [0.2, 0.25) is 0 Å². The first-order valence-corrected chi connectivity index (χ1v) is 7.92. The van der Waals surface area contributed by atoms with E-state index < -0.39 is 10.8 Å². The van der Waals surface area contributed by atoms with Crippen LogP contribution >= 0.6 is 12.2 Å². The Balaban J connectivity index is 1.93. The smallest absolute Gasteiger partial charge is 0.271 e. The fourth-order valence-electron chi connectivity index (χ4n) is 2.01. The number of anilines is 1. The lowest BCUT2D eigenvalue weighted by molar-refractivity contribution is -0.384. The van der Waals surface area contributed by atoms with E-state index in [0.29, 0.717) is 11.5 Å². The van der Waals surface area contributed by atoms with Gasteiger partial charge in [0.15, 0.2) is 11.7 Å². The standard InChI is InChI=1S/C17H17N3O5S/c1-11-3-6-13(7-4-11)25-10-16(21)19-17(26)18-14-9-12(20(22)23)5-8-15(14)24-2/h3-9H,10H2,1-2H3,(H2,18,19,21,26). The molecule has 0 aromatic heterocycles. The number of hydrogen-bond donors (Lipinski definition) is 2. The fourth-order valence-corrected chi connectivity index (χ4v) is 2.23. The van der Waals surface area contributed by atoms with Gasteiger partial charge >= 0.3 is 0 Å². The zero-order valence-corrected chi connectivity index (χ0v) is 15.0. The second-order valence-electron chi connectivity index (χ2n) is 5.25. The molecule has 0 saturated heterocycles. The molecule has 0 fully saturated rings. The number of non-ortho nitro benzene ring substituents is 1. The normalized spacial score (nSPS) is 9.92. The average Bonchev–Trinajstić information content (AvgIpc) is 2.61. The van der Waals surface area contributed by atoms with Crippen LogP contribution in [0.25, 0.3) is 0 Å². The summed E-state index contributed by atoms with van der Waals surface area (Å²) in [6.45, 7) is 1.72. The molecular weight excluding hydrogens is 358 g/mol. The van der Waals surface area contributed by atoms with Gasteiger partial charge in [-0.15, -0.1) is 0 Å². The van der Waals surface area contributed by atoms with Crippen LogP contribution in [0.3, 0.4) is 0 Å². The maximum absolute atomic E-state index is 11.9. The highest BCUT2D eigenvalue weighted by Gasteiger charge is 2.13. The molecule has 9 heteroatoms. The summed E-state index contributed by atoms with van der Waals surface area (Å²) in [6, 6.07) is 11.3. The van der Waals surface area contributed by atoms with Gasteiger partial charge in [0.2, 0.25) is 0 Å². The lowest BCUT2D eigenvalue weighted by Gasteiger charge is -2.13. The molecule has 0 radical (unpaired) electrons. The number of ether oxygens (including phenoxy) is 2. The zero-order chi connectivity index (χ0) is 19.1. The van der Waals surface area contributed by atoms with Gasteiger partial charge in [-0.25, -0.2) is 0 Å². The number of amides is 1. The van der Waals surface area contributed by atoms with E-state index in [1.807, 2.05) is 19.1 Å². The molecule has 2 N–H and O–H groups in total. The Kier molecular flexibility index (Phi) is 6.45. The van der Waals surface area contributed by atoms with E-state index in [9.17, 15) is 14.9 Å². The van der Waals surface area contributed by atoms with Crippen LogP contribution in [-0.2, 0) is 4.79 Å². The molecule has 2 rings (SSSR count). The molecule has 26 heavy (non-hydrogen) atoms. The van der Waals surface area contributed by atoms with Crippen LogP contribution in [0.5, 0.6) is 11.5 Å². The van der Waals surface area contributed by atoms with Gasteiger partial charge in [-0.1, -0.05) is 17.7 Å². The van der Waals surface area contributed by atoms with Crippen molar-refractivity contribution in [1.29, 1.82) is 0 Å². The molecule has 0 saturated carbocycles. The molecule has 0 aliphatic heterocycles. The molecule has 0 aliphatic carbocycles. The summed E-state index contributed by atoms with van der Waals surface area (Å²) in [7, 11) is 1.42. The SMILES string of the molecule is COc1ccc([N+](=O)[O-])cc1NC(=S)NC(=O)COc1ccc(C)cc1. The number of nitrogens with zero attached hydrogens (tertiary/aromatic N) is 1. The van der Waals surface area contributed by atoms with Gasteiger partial charge < -0.3 is 14.8 Å². The second kappa shape index (κ2) is 8.77. The van der Waals surface area contributed by atoms with Gasteiger partial charge in [-0.05, 0) is 37.3 Å². The highest BCUT2D eigenvalue weighted by Crippen LogP contribution is 2.28. The third kappa shape index (κ3) is 5.42. The van der Waals surface area contributed by atoms with E-state index in [2.05, 4.69) is 10.6 Å². The van der Waals surface area contributed by atoms with Crippen molar-refractivity contribution in [3.8, 4) is 11.5 Å². The number of methoxy groups -OCH3 is 1. The van der Waals surface area contributed by atoms with Crippen molar-refractivity contribution in [3.63, 3.8) is 0 Å². The minimum Gasteiger partial charge on any atom is -0.495 e. The Morgan fingerprint density at radius 3 is 2.54 bits per heavy atom. The number of nitro groups is 1. The van der Waals surface area contributed by atoms with E-state index in [1.54, 1.807) is 12.1 Å². The molecule has 0 spiro atoms. The molecule has 0 atom stereocenters. The number of nitro benzene ring substituents is 1. The van der Waals surface area contributed by atoms with Crippen molar-refractivity contribution >= 4 is 34.6 Å². The fraction of sp³-hybridized carbons (Fsp3) is 0.176. The van der Waals surface area contributed by atoms with Crippen LogP contribution in [0.1, 0.15) is 5.56 Å². The summed E-state index contributed by atoms with van der Waals surface area (Å²) in [5, 5.41) is 16.0. The summed E-state index contributed by atoms with van der Waals surface area (Å²) in [5.41, 5.74) is 1.22. The number of nitrogens with one attached hydrogen (secondary N) is 2. The minimum absolute atomic E-state index is 0.0266. The average molecular weight is 375 g/mol. The van der Waals surface area contributed by atoms with Crippen molar-refractivity contribution in [1.82, 2.24) is 5.32 Å². The molecular formula is C17H17N3O5S. The van der Waals surface area contributed by atoms with Crippen LogP contribution < -0.4 is 20.1 Å². The maximum Gasteiger partial charge on any atom is 0.271 e. The topological polar surface area (TPSA) is 103 Å². The van der Waals surface area contributed by atoms with Gasteiger partial charge in [-0.3, -0.25) is 20.2 Å². The lowest BCUT2D eigenvalue weighted by atomic mass is 10.2. The summed E-state index contributed by atoms with van der Waals surface area (Å²) < 4.78 is 10.5. The summed E-state index contributed by atoms with van der Waals surface area (Å²) >= 11 is 5.05. The summed E-state index contributed by atoms with van der Waals surface area (Å²) in [6.07, 6.45) is 0. The lowest BCUT2D eigenvalue weighted by Crippen LogP contribution is -2.37. The molecule has 2 aromatic rings. The summed E-state index contributed by atoms with van der Waals surface area (Å²) in [5.74, 6) is 0.445. The first-order chi connectivity index (χ1) is 12.4. The highest BCUT2D eigenvalue weighted by atomic mass is 32.1. The van der Waals surface area contributed by atoms with E-state index in [1.165, 1.54) is 25.3 Å². The van der Waals surface area contributed by atoms with Crippen molar-refractivity contribution in [2.24, 2.45) is 0 Å². The molecule has 1 amide bonds. The number of hydrogen-bond acceptors (Lipinski definition) is 6. The van der Waals surface area contributed by atoms with E-state index in [-0.39, 0.29) is 23.1 Å². The van der Waals surface area contributed by atoms with Crippen LogP contribution in [0, 0.1) is 17.0 Å². The Morgan fingerprint density at radius 1 is 1.23 bits per heavy atom. The quantitative estimate of drug-likeness (QED) is 0.455. The van der Waals surface area contributed by atoms with Gasteiger partial charge in [0.25, 0.3) is 11.6 Å². The molecule has 0 unspecified atom stereocenters. The molecule has 0 bridgehead atoms. The number of carbonyl (C=O) groups is 1. The largest absolute Gasteiger partial charge is 0.495 e. The first-order valence-electron chi connectivity index (χ1n) is 7.52. The number of rotatable bonds is 6. The summed E-state index contributed by atoms with van der Waals surface area (Å²) in [4.78, 5) is 22.2. The maximum atomic E-state index is 11.9. The minimum atomic E-state index is -0.540. The van der Waals surface area contributed by atoms with Gasteiger partial charge in [-0.2, -0.15) is 0 Å². The second-order valence-corrected chi connectivity index (χ2v) is 5.65. The molecule has 0 heterocycles. The van der Waals surface area contributed by atoms with Gasteiger partial charge in [0.05, 0.1) is 17.7 Å². The Bertz CT molecular complexity index is 824. The van der Waals surface area contributed by atoms with Crippen molar-refractivity contribution in [3.05, 3.63) is 58.1 Å². The number of benzene rings is 2. The van der Waals surface area contributed by atoms with Crippen molar-refractivity contribution in [2.45, 2.75) is 6.92 Å². The molecule has 0 aliphatic rings. The van der Waals surface area contributed by atoms with E-state index in [4.69, 9.17) is 21.7 Å². The molecule has 2 aromatic carbocycles. The predicted octanol–water partition coefficient (Wildman–Crippen LogP) is 2.80. The molecule has 8 nitrogen and oxygen atoms in total. The van der Waals surface area contributed by atoms with Crippen LogP contribution in [0.15, 0.2) is 42.5 Å². The number of aryl methyl sites for hydroxylation is 1. The Morgan fingerprint density at radius 2 is 1.92 bits per heavy atom. The van der Waals surface area contributed by atoms with Crippen LogP contribution in [-0.4, -0.2) is 29.7 Å². The van der Waals surface area contributed by atoms with Gasteiger partial charge in [0, 0.05) is 12.1 Å². The Labute approximate surface area is 155 Å². The predicted molar refractivity (Wildman–Crippen MR) is 101 cm³/mol. The third-order valence-corrected chi connectivity index (χ3v) is 3.49. The van der Waals surface area contributed by atoms with Gasteiger partial charge in [0.1, 0.15) is 11.5 Å². The van der Waals surface area contributed by atoms with Crippen LogP contribution in [0.4, 0.5) is 11.4 Å². The first kappa shape index (κ1) is 19.1. The number of carbonyl (C=O) groups excluding carboxylic acids is 1. The van der Waals surface area contributed by atoms with Crippen molar-refractivity contribution in [2.75, 3.05) is 19.0 Å². The molecule has 136 valence electrons. The third-order valence-electron chi connectivity index (χ3n) is 3.29.